The van der Waals surface area contributed by atoms with Gasteiger partial charge in [-0.15, -0.1) is 0 Å². The van der Waals surface area contributed by atoms with Crippen LogP contribution < -0.4 is 9.46 Å². The van der Waals surface area contributed by atoms with Crippen LogP contribution in [0.15, 0.2) is 41.3 Å². The molecule has 1 aliphatic rings. The summed E-state index contributed by atoms with van der Waals surface area (Å²) in [5, 5.41) is -0.293. The number of morpholine rings is 1. The number of esters is 1. The maximum atomic E-state index is 13.0. The summed E-state index contributed by atoms with van der Waals surface area (Å²) >= 11 is 12.3. The lowest BCUT2D eigenvalue weighted by molar-refractivity contribution is -0.146. The highest BCUT2D eigenvalue weighted by Crippen LogP contribution is 2.31. The van der Waals surface area contributed by atoms with E-state index < -0.39 is 28.5 Å². The van der Waals surface area contributed by atoms with Crippen LogP contribution in [0.3, 0.4) is 0 Å². The van der Waals surface area contributed by atoms with Crippen LogP contribution in [0.5, 0.6) is 5.75 Å². The van der Waals surface area contributed by atoms with Gasteiger partial charge in [-0.3, -0.25) is 9.52 Å². The molecule has 1 N–H and O–H groups in total. The maximum absolute atomic E-state index is 13.0. The number of hydrogen-bond acceptors (Lipinski definition) is 7. The second kappa shape index (κ2) is 11.5. The topological polar surface area (TPSA) is 111 Å². The van der Waals surface area contributed by atoms with Crippen LogP contribution in [0, 0.1) is 0 Å². The van der Waals surface area contributed by atoms with E-state index in [-0.39, 0.29) is 38.4 Å². The third-order valence-corrected chi connectivity index (χ3v) is 7.21. The molecule has 9 nitrogen and oxygen atoms in total. The zero-order valence-electron chi connectivity index (χ0n) is 19.4. The number of amides is 1. The molecule has 35 heavy (non-hydrogen) atoms. The number of sulfonamides is 1. The Morgan fingerprint density at radius 1 is 1.09 bits per heavy atom. The first kappa shape index (κ1) is 27.1. The van der Waals surface area contributed by atoms with Crippen LogP contribution in [-0.2, 0) is 24.3 Å². The molecule has 2 unspecified atom stereocenters. The molecule has 0 bridgehead atoms. The van der Waals surface area contributed by atoms with Gasteiger partial charge in [0.05, 0.1) is 34.4 Å². The first-order valence-electron chi connectivity index (χ1n) is 10.8. The third-order valence-electron chi connectivity index (χ3n) is 5.05. The third kappa shape index (κ3) is 7.00. The number of anilines is 1. The highest BCUT2D eigenvalue weighted by Gasteiger charge is 2.28. The van der Waals surface area contributed by atoms with Crippen molar-refractivity contribution in [2.45, 2.75) is 37.9 Å². The fourth-order valence-electron chi connectivity index (χ4n) is 3.57. The quantitative estimate of drug-likeness (QED) is 0.500. The van der Waals surface area contributed by atoms with Gasteiger partial charge in [0.25, 0.3) is 15.9 Å². The van der Waals surface area contributed by atoms with Gasteiger partial charge in [0.1, 0.15) is 10.6 Å². The van der Waals surface area contributed by atoms with Crippen LogP contribution in [0.2, 0.25) is 10.0 Å². The SMILES string of the molecule is CCOc1ccc(NS(=O)(=O)c2cc(C(=O)OCC(=O)N3CC(C)OC(C)C3)c(Cl)cc2Cl)cc1. The molecular weight excluding hydrogens is 519 g/mol. The van der Waals surface area contributed by atoms with Crippen LogP contribution in [0.4, 0.5) is 5.69 Å². The van der Waals surface area contributed by atoms with E-state index >= 15 is 0 Å². The van der Waals surface area contributed by atoms with E-state index in [1.54, 1.807) is 17.0 Å². The van der Waals surface area contributed by atoms with Crippen LogP contribution in [0.25, 0.3) is 0 Å². The van der Waals surface area contributed by atoms with E-state index in [1.807, 2.05) is 20.8 Å². The Morgan fingerprint density at radius 3 is 2.31 bits per heavy atom. The second-order valence-corrected chi connectivity index (χ2v) is 10.4. The summed E-state index contributed by atoms with van der Waals surface area (Å²) in [6, 6.07) is 8.44. The van der Waals surface area contributed by atoms with Crippen molar-refractivity contribution < 1.29 is 32.2 Å². The molecule has 12 heteroatoms. The first-order chi connectivity index (χ1) is 16.5. The van der Waals surface area contributed by atoms with Crippen molar-refractivity contribution in [3.05, 3.63) is 52.0 Å². The molecule has 0 spiro atoms. The van der Waals surface area contributed by atoms with Gasteiger partial charge < -0.3 is 19.1 Å². The molecule has 1 fully saturated rings. The Morgan fingerprint density at radius 2 is 1.71 bits per heavy atom. The number of rotatable bonds is 8. The molecule has 2 atom stereocenters. The fraction of sp³-hybridized carbons (Fsp3) is 0.391. The summed E-state index contributed by atoms with van der Waals surface area (Å²) < 4.78 is 44.4. The van der Waals surface area contributed by atoms with Gasteiger partial charge in [-0.1, -0.05) is 23.2 Å². The Kier molecular flexibility index (Phi) is 8.87. The lowest BCUT2D eigenvalue weighted by atomic mass is 10.2. The average molecular weight is 545 g/mol. The lowest BCUT2D eigenvalue weighted by Gasteiger charge is -2.35. The molecule has 0 saturated carbocycles. The van der Waals surface area contributed by atoms with Crippen molar-refractivity contribution in [2.24, 2.45) is 0 Å². The number of hydrogen-bond donors (Lipinski definition) is 1. The zero-order chi connectivity index (χ0) is 25.8. The Bertz CT molecular complexity index is 1180. The van der Waals surface area contributed by atoms with Gasteiger partial charge >= 0.3 is 5.97 Å². The van der Waals surface area contributed by atoms with Gasteiger partial charge in [0.15, 0.2) is 6.61 Å². The van der Waals surface area contributed by atoms with Crippen LogP contribution in [-0.4, -0.2) is 63.7 Å². The smallest absolute Gasteiger partial charge is 0.340 e. The first-order valence-corrected chi connectivity index (χ1v) is 13.1. The maximum Gasteiger partial charge on any atom is 0.340 e. The summed E-state index contributed by atoms with van der Waals surface area (Å²) in [6.07, 6.45) is -0.278. The number of carbonyl (C=O) groups excluding carboxylic acids is 2. The van der Waals surface area contributed by atoms with Gasteiger partial charge in [0.2, 0.25) is 0 Å². The van der Waals surface area contributed by atoms with E-state index in [0.29, 0.717) is 25.4 Å². The molecule has 2 aromatic carbocycles. The monoisotopic (exact) mass is 544 g/mol. The van der Waals surface area contributed by atoms with E-state index in [9.17, 15) is 18.0 Å². The molecule has 0 aromatic heterocycles. The van der Waals surface area contributed by atoms with E-state index in [4.69, 9.17) is 37.4 Å². The van der Waals surface area contributed by atoms with E-state index in [2.05, 4.69) is 4.72 Å². The minimum atomic E-state index is -4.18. The standard InChI is InChI=1S/C23H26Cl2N2O7S/c1-4-32-17-7-5-16(6-8-17)26-35(30,31)21-9-18(19(24)10-20(21)25)23(29)33-13-22(28)27-11-14(2)34-15(3)12-27/h5-10,14-15,26H,4,11-13H2,1-3H3. The predicted molar refractivity (Wildman–Crippen MR) is 132 cm³/mol. The summed E-state index contributed by atoms with van der Waals surface area (Å²) in [5.74, 6) is -0.761. The van der Waals surface area contributed by atoms with Gasteiger partial charge in [-0.2, -0.15) is 0 Å². The summed E-state index contributed by atoms with van der Waals surface area (Å²) in [4.78, 5) is 26.3. The van der Waals surface area contributed by atoms with Crippen molar-refractivity contribution in [2.75, 3.05) is 31.0 Å². The fourth-order valence-corrected chi connectivity index (χ4v) is 5.48. The number of benzene rings is 2. The summed E-state index contributed by atoms with van der Waals surface area (Å²) in [6.45, 7) is 6.23. The molecule has 1 saturated heterocycles. The summed E-state index contributed by atoms with van der Waals surface area (Å²) in [5.41, 5.74) is 0.0304. The molecule has 2 aromatic rings. The molecule has 3 rings (SSSR count). The van der Waals surface area contributed by atoms with Gasteiger partial charge in [0, 0.05) is 18.8 Å². The van der Waals surface area contributed by atoms with Crippen molar-refractivity contribution in [3.63, 3.8) is 0 Å². The molecular formula is C23H26Cl2N2O7S. The highest BCUT2D eigenvalue weighted by atomic mass is 35.5. The summed E-state index contributed by atoms with van der Waals surface area (Å²) in [7, 11) is -4.18. The molecule has 190 valence electrons. The number of halogens is 2. The minimum absolute atomic E-state index is 0.110. The van der Waals surface area contributed by atoms with Crippen molar-refractivity contribution >= 4 is 50.8 Å². The van der Waals surface area contributed by atoms with Crippen LogP contribution >= 0.6 is 23.2 Å². The second-order valence-electron chi connectivity index (χ2n) is 7.96. The normalized spacial score (nSPS) is 18.1. The molecule has 1 aliphatic heterocycles. The van der Waals surface area contributed by atoms with E-state index in [1.165, 1.54) is 12.1 Å². The lowest BCUT2D eigenvalue weighted by Crippen LogP contribution is -2.49. The predicted octanol–water partition coefficient (Wildman–Crippen LogP) is 3.99. The van der Waals surface area contributed by atoms with Crippen molar-refractivity contribution in [1.82, 2.24) is 4.90 Å². The van der Waals surface area contributed by atoms with Crippen LogP contribution in [0.1, 0.15) is 31.1 Å². The molecule has 0 radical (unpaired) electrons. The molecule has 0 aliphatic carbocycles. The zero-order valence-corrected chi connectivity index (χ0v) is 21.7. The average Bonchev–Trinajstić information content (AvgIpc) is 2.77. The minimum Gasteiger partial charge on any atom is -0.494 e. The number of ether oxygens (including phenoxy) is 3. The number of nitrogens with zero attached hydrogens (tertiary/aromatic N) is 1. The van der Waals surface area contributed by atoms with Crippen molar-refractivity contribution in [3.8, 4) is 5.75 Å². The van der Waals surface area contributed by atoms with Crippen molar-refractivity contribution in [1.29, 1.82) is 0 Å². The Labute approximate surface area is 214 Å². The molecule has 1 amide bonds. The Hall–Kier alpha value is -2.53. The number of nitrogens with one attached hydrogen (secondary N) is 1. The Balaban J connectivity index is 1.73. The largest absolute Gasteiger partial charge is 0.494 e. The van der Waals surface area contributed by atoms with Gasteiger partial charge in [-0.05, 0) is 57.2 Å². The highest BCUT2D eigenvalue weighted by molar-refractivity contribution is 7.92. The van der Waals surface area contributed by atoms with E-state index in [0.717, 1.165) is 12.1 Å². The number of carbonyl (C=O) groups is 2. The van der Waals surface area contributed by atoms with Gasteiger partial charge in [-0.25, -0.2) is 13.2 Å². The molecule has 1 heterocycles.